The SMILES string of the molecule is C1=CCC2C(=C1)c1ccccc1C=C2n1c2ccccc2c2c3c4ccccc4c(-c4cc5ccccc5c5ccccc45)cc3c3ccccc3c21. The highest BCUT2D eigenvalue weighted by atomic mass is 15.0. The fraction of sp³-hybridized carbons (Fsp3) is 0.0385. The molecule has 10 aromatic rings. The lowest BCUT2D eigenvalue weighted by atomic mass is 9.78. The second kappa shape index (κ2) is 10.9. The number of allylic oxidation sites excluding steroid dienone is 5. The third-order valence-corrected chi connectivity index (χ3v) is 12.0. The number of para-hydroxylation sites is 1. The van der Waals surface area contributed by atoms with Gasteiger partial charge in [0, 0.05) is 33.2 Å². The molecule has 0 spiro atoms. The first-order valence-electron chi connectivity index (χ1n) is 18.7. The van der Waals surface area contributed by atoms with Gasteiger partial charge in [-0.25, -0.2) is 0 Å². The van der Waals surface area contributed by atoms with Crippen molar-refractivity contribution in [3.05, 3.63) is 187 Å². The Kier molecular flexibility index (Phi) is 5.95. The Morgan fingerprint density at radius 3 is 1.89 bits per heavy atom. The predicted octanol–water partition coefficient (Wildman–Crippen LogP) is 14.2. The summed E-state index contributed by atoms with van der Waals surface area (Å²) in [7, 11) is 0. The standard InChI is InChI=1S/C52H33N/c1-3-17-34-32(15-1)29-45(38-21-6-5-19-36(34)38)46-31-47-40-23-9-12-26-43(40)52-51(50(47)42-25-11-8-22-39(42)46)44-27-13-14-28-48(44)53(52)49-30-33-16-2-4-18-35(33)37-20-7-10-24-41(37)49/h1-23,25-31,41H,24H2. The lowest BCUT2D eigenvalue weighted by Gasteiger charge is -2.31. The van der Waals surface area contributed by atoms with E-state index in [4.69, 9.17) is 0 Å². The smallest absolute Gasteiger partial charge is 0.0623 e. The zero-order chi connectivity index (χ0) is 34.6. The van der Waals surface area contributed by atoms with E-state index in [-0.39, 0.29) is 5.92 Å². The van der Waals surface area contributed by atoms with Gasteiger partial charge in [0.2, 0.25) is 0 Å². The molecule has 0 N–H and O–H groups in total. The van der Waals surface area contributed by atoms with Crippen molar-refractivity contribution >= 4 is 93.0 Å². The summed E-state index contributed by atoms with van der Waals surface area (Å²) in [6, 6.07) is 58.9. The van der Waals surface area contributed by atoms with Crippen LogP contribution in [-0.2, 0) is 0 Å². The van der Waals surface area contributed by atoms with Crippen LogP contribution in [0.5, 0.6) is 0 Å². The Labute approximate surface area is 307 Å². The van der Waals surface area contributed by atoms with Gasteiger partial charge in [-0.1, -0.05) is 158 Å². The molecule has 0 amide bonds. The van der Waals surface area contributed by atoms with Crippen LogP contribution >= 0.6 is 0 Å². The number of hydrogen-bond acceptors (Lipinski definition) is 0. The molecule has 0 aliphatic heterocycles. The summed E-state index contributed by atoms with van der Waals surface area (Å²) in [5.41, 5.74) is 10.5. The Bertz CT molecular complexity index is 3310. The van der Waals surface area contributed by atoms with Crippen LogP contribution in [0.3, 0.4) is 0 Å². The number of nitrogens with zero attached hydrogens (tertiary/aromatic N) is 1. The third kappa shape index (κ3) is 3.97. The summed E-state index contributed by atoms with van der Waals surface area (Å²) < 4.78 is 2.62. The molecule has 1 aromatic heterocycles. The molecule has 0 bridgehead atoms. The molecule has 2 aliphatic carbocycles. The lowest BCUT2D eigenvalue weighted by molar-refractivity contribution is 0.821. The van der Waals surface area contributed by atoms with Crippen molar-refractivity contribution in [1.82, 2.24) is 4.57 Å². The highest BCUT2D eigenvalue weighted by molar-refractivity contribution is 6.38. The summed E-state index contributed by atoms with van der Waals surface area (Å²) in [6.45, 7) is 0. The summed E-state index contributed by atoms with van der Waals surface area (Å²) >= 11 is 0. The van der Waals surface area contributed by atoms with Crippen molar-refractivity contribution in [3.8, 4) is 11.1 Å². The molecule has 2 aliphatic rings. The van der Waals surface area contributed by atoms with Crippen molar-refractivity contribution in [2.45, 2.75) is 6.42 Å². The highest BCUT2D eigenvalue weighted by Gasteiger charge is 2.31. The van der Waals surface area contributed by atoms with Gasteiger partial charge in [0.1, 0.15) is 0 Å². The van der Waals surface area contributed by atoms with E-state index in [0.29, 0.717) is 0 Å². The first kappa shape index (κ1) is 28.9. The fourth-order valence-corrected chi connectivity index (χ4v) is 9.85. The Morgan fingerprint density at radius 2 is 1.06 bits per heavy atom. The van der Waals surface area contributed by atoms with Gasteiger partial charge in [0.05, 0.1) is 11.0 Å². The molecule has 0 saturated carbocycles. The minimum atomic E-state index is 0.267. The van der Waals surface area contributed by atoms with Gasteiger partial charge in [-0.3, -0.25) is 0 Å². The average molecular weight is 672 g/mol. The maximum Gasteiger partial charge on any atom is 0.0623 e. The van der Waals surface area contributed by atoms with Crippen molar-refractivity contribution in [1.29, 1.82) is 0 Å². The molecular formula is C52H33N. The molecule has 0 fully saturated rings. The number of benzene rings is 9. The minimum Gasteiger partial charge on any atom is -0.312 e. The molecule has 246 valence electrons. The molecular weight excluding hydrogens is 639 g/mol. The zero-order valence-electron chi connectivity index (χ0n) is 29.1. The van der Waals surface area contributed by atoms with Gasteiger partial charge < -0.3 is 4.57 Å². The normalized spacial score (nSPS) is 15.4. The van der Waals surface area contributed by atoms with Crippen molar-refractivity contribution in [2.24, 2.45) is 5.92 Å². The van der Waals surface area contributed by atoms with E-state index in [1.807, 2.05) is 0 Å². The van der Waals surface area contributed by atoms with Gasteiger partial charge in [0.15, 0.2) is 0 Å². The maximum absolute atomic E-state index is 2.62. The van der Waals surface area contributed by atoms with E-state index in [2.05, 4.69) is 187 Å². The van der Waals surface area contributed by atoms with Gasteiger partial charge >= 0.3 is 0 Å². The average Bonchev–Trinajstić information content (AvgIpc) is 3.58. The maximum atomic E-state index is 2.62. The Hall–Kier alpha value is -6.70. The van der Waals surface area contributed by atoms with Crippen LogP contribution in [-0.4, -0.2) is 4.57 Å². The summed E-state index contributed by atoms with van der Waals surface area (Å²) in [5, 5.41) is 15.5. The first-order chi connectivity index (χ1) is 26.3. The Morgan fingerprint density at radius 1 is 0.453 bits per heavy atom. The van der Waals surface area contributed by atoms with Crippen LogP contribution in [0.1, 0.15) is 17.5 Å². The molecule has 1 unspecified atom stereocenters. The summed E-state index contributed by atoms with van der Waals surface area (Å²) in [6.07, 6.45) is 10.4. The molecule has 1 heterocycles. The molecule has 9 aromatic carbocycles. The first-order valence-corrected chi connectivity index (χ1v) is 18.7. The second-order valence-corrected chi connectivity index (χ2v) is 14.7. The second-order valence-electron chi connectivity index (χ2n) is 14.7. The Balaban J connectivity index is 1.27. The molecule has 53 heavy (non-hydrogen) atoms. The van der Waals surface area contributed by atoms with E-state index in [0.717, 1.165) is 6.42 Å². The summed E-state index contributed by atoms with van der Waals surface area (Å²) in [5.74, 6) is 0.267. The largest absolute Gasteiger partial charge is 0.312 e. The van der Waals surface area contributed by atoms with Crippen molar-refractivity contribution in [3.63, 3.8) is 0 Å². The third-order valence-electron chi connectivity index (χ3n) is 12.0. The topological polar surface area (TPSA) is 4.93 Å². The molecule has 1 heteroatoms. The van der Waals surface area contributed by atoms with E-state index in [1.54, 1.807) is 0 Å². The van der Waals surface area contributed by atoms with Gasteiger partial charge in [0.25, 0.3) is 0 Å². The van der Waals surface area contributed by atoms with E-state index in [9.17, 15) is 0 Å². The van der Waals surface area contributed by atoms with E-state index < -0.39 is 0 Å². The highest BCUT2D eigenvalue weighted by Crippen LogP contribution is 2.51. The number of hydrogen-bond donors (Lipinski definition) is 0. The molecule has 12 rings (SSSR count). The fourth-order valence-electron chi connectivity index (χ4n) is 9.85. The van der Waals surface area contributed by atoms with Gasteiger partial charge in [-0.05, 0) is 102 Å². The monoisotopic (exact) mass is 671 g/mol. The minimum absolute atomic E-state index is 0.267. The van der Waals surface area contributed by atoms with Crippen LogP contribution in [0.4, 0.5) is 0 Å². The van der Waals surface area contributed by atoms with Crippen LogP contribution in [0, 0.1) is 5.92 Å². The van der Waals surface area contributed by atoms with E-state index >= 15 is 0 Å². The van der Waals surface area contributed by atoms with Gasteiger partial charge in [-0.15, -0.1) is 0 Å². The van der Waals surface area contributed by atoms with Crippen LogP contribution in [0.25, 0.3) is 104 Å². The molecule has 0 radical (unpaired) electrons. The van der Waals surface area contributed by atoms with Crippen LogP contribution in [0.2, 0.25) is 0 Å². The zero-order valence-corrected chi connectivity index (χ0v) is 29.1. The van der Waals surface area contributed by atoms with Gasteiger partial charge in [-0.2, -0.15) is 0 Å². The predicted molar refractivity (Wildman–Crippen MR) is 228 cm³/mol. The molecule has 1 nitrogen and oxygen atoms in total. The van der Waals surface area contributed by atoms with Crippen molar-refractivity contribution in [2.75, 3.05) is 0 Å². The summed E-state index contributed by atoms with van der Waals surface area (Å²) in [4.78, 5) is 0. The van der Waals surface area contributed by atoms with Crippen LogP contribution in [0.15, 0.2) is 176 Å². The van der Waals surface area contributed by atoms with Crippen LogP contribution < -0.4 is 0 Å². The van der Waals surface area contributed by atoms with E-state index in [1.165, 1.54) is 109 Å². The quantitative estimate of drug-likeness (QED) is 0.161. The number of rotatable bonds is 2. The molecule has 0 saturated heterocycles. The lowest BCUT2D eigenvalue weighted by Crippen LogP contribution is -2.17. The number of fused-ring (bicyclic) bond motifs is 16. The molecule has 1 atom stereocenters. The number of aromatic nitrogens is 1. The van der Waals surface area contributed by atoms with Crippen molar-refractivity contribution < 1.29 is 0 Å².